The van der Waals surface area contributed by atoms with Crippen LogP contribution in [0.2, 0.25) is 0 Å². The maximum Gasteiger partial charge on any atom is 0.460 e. The first-order valence-electron chi connectivity index (χ1n) is 15.1. The first-order chi connectivity index (χ1) is 30.3. The summed E-state index contributed by atoms with van der Waals surface area (Å²) >= 11 is 0. The SMILES string of the molecule is FC(F)(F)C(F)(F)C(F)(F)C(F)(F)C(F)(F)C(F)(F)C(F)(F)c1nnnc(C(F)(F)C(F)(F)C(F)(F)C(F)(F)C(F)(F)C(F)(F)C(F)(F)F)c1C(F)(F)C(F)(F)C(F)(F)C(F)(F)C(F)(F)C(F)(F)C(F)(F)F. The minimum absolute atomic E-state index is 0.267. The molecule has 1 aromatic heterocycles. The number of aromatic nitrogens is 3. The van der Waals surface area contributed by atoms with Gasteiger partial charge in [0.1, 0.15) is 0 Å². The van der Waals surface area contributed by atoms with Crippen LogP contribution in [0.4, 0.5) is 198 Å². The van der Waals surface area contributed by atoms with Gasteiger partial charge in [-0.25, -0.2) is 0 Å². The van der Waals surface area contributed by atoms with Gasteiger partial charge in [-0.2, -0.15) is 198 Å². The van der Waals surface area contributed by atoms with Crippen molar-refractivity contribution in [1.29, 1.82) is 0 Å². The van der Waals surface area contributed by atoms with Crippen LogP contribution in [0.15, 0.2) is 0 Å². The summed E-state index contributed by atoms with van der Waals surface area (Å²) in [7, 11) is 0. The molecule has 0 saturated heterocycles. The van der Waals surface area contributed by atoms with Gasteiger partial charge in [-0.1, -0.05) is 0 Å². The summed E-state index contributed by atoms with van der Waals surface area (Å²) in [5.74, 6) is -178. The van der Waals surface area contributed by atoms with Crippen molar-refractivity contribution in [2.75, 3.05) is 0 Å². The van der Waals surface area contributed by atoms with Gasteiger partial charge in [0.25, 0.3) is 0 Å². The van der Waals surface area contributed by atoms with Crippen molar-refractivity contribution < 1.29 is 198 Å². The Kier molecular flexibility index (Phi) is 14.8. The van der Waals surface area contributed by atoms with E-state index in [1.165, 1.54) is 0 Å². The first kappa shape index (κ1) is 65.9. The molecule has 0 unspecified atom stereocenters. The highest BCUT2D eigenvalue weighted by molar-refractivity contribution is 5.40. The molecule has 0 atom stereocenters. The van der Waals surface area contributed by atoms with Crippen LogP contribution in [0.25, 0.3) is 0 Å². The van der Waals surface area contributed by atoms with Crippen LogP contribution in [0.3, 0.4) is 0 Å². The summed E-state index contributed by atoms with van der Waals surface area (Å²) in [6.07, 6.45) is -26.0. The van der Waals surface area contributed by atoms with E-state index in [0.29, 0.717) is 5.21 Å². The van der Waals surface area contributed by atoms with Crippen molar-refractivity contribution in [1.82, 2.24) is 15.4 Å². The van der Waals surface area contributed by atoms with Gasteiger partial charge in [-0.15, -0.1) is 10.2 Å². The van der Waals surface area contributed by atoms with Crippen molar-refractivity contribution in [2.24, 2.45) is 0 Å². The molecule has 1 aromatic rings. The molecule has 0 aromatic carbocycles. The van der Waals surface area contributed by atoms with E-state index in [2.05, 4.69) is 0 Å². The molecule has 0 bridgehead atoms. The van der Waals surface area contributed by atoms with Gasteiger partial charge in [0.15, 0.2) is 11.4 Å². The average Bonchev–Trinajstić information content (AvgIpc) is 3.14. The molecule has 0 aliphatic carbocycles. The van der Waals surface area contributed by atoms with Crippen molar-refractivity contribution >= 4 is 0 Å². The van der Waals surface area contributed by atoms with E-state index in [1.54, 1.807) is 0 Å². The third-order valence-electron chi connectivity index (χ3n) is 8.66. The van der Waals surface area contributed by atoms with E-state index < -0.39 is 142 Å². The molecule has 0 N–H and O–H groups in total. The largest absolute Gasteiger partial charge is 0.460 e. The van der Waals surface area contributed by atoms with E-state index in [0.717, 1.165) is 0 Å². The zero-order chi connectivity index (χ0) is 59.4. The van der Waals surface area contributed by atoms with Crippen molar-refractivity contribution in [3.05, 3.63) is 17.0 Å². The number of alkyl halides is 45. The van der Waals surface area contributed by atoms with Gasteiger partial charge in [0, 0.05) is 0 Å². The topological polar surface area (TPSA) is 38.7 Å². The molecule has 72 heavy (non-hydrogen) atoms. The highest BCUT2D eigenvalue weighted by Crippen LogP contribution is 2.70. The van der Waals surface area contributed by atoms with Gasteiger partial charge in [0.2, 0.25) is 0 Å². The number of hydrogen-bond acceptors (Lipinski definition) is 3. The first-order valence-corrected chi connectivity index (χ1v) is 15.1. The van der Waals surface area contributed by atoms with E-state index in [-0.39, 0.29) is 10.2 Å². The lowest BCUT2D eigenvalue weighted by Crippen LogP contribution is -2.73. The van der Waals surface area contributed by atoms with Crippen LogP contribution in [0, 0.1) is 0 Å². The number of rotatable bonds is 18. The van der Waals surface area contributed by atoms with E-state index in [9.17, 15) is 171 Å². The smallest absolute Gasteiger partial charge is 0.194 e. The minimum atomic E-state index is -10.4. The fraction of sp³-hybridized carbons (Fsp3) is 0.875. The van der Waals surface area contributed by atoms with E-state index in [1.807, 2.05) is 0 Å². The molecule has 0 aliphatic heterocycles. The Morgan fingerprint density at radius 2 is 0.306 bits per heavy atom. The third-order valence-corrected chi connectivity index (χ3v) is 8.66. The minimum Gasteiger partial charge on any atom is -0.194 e. The Balaban J connectivity index is 5.07. The van der Waals surface area contributed by atoms with Crippen LogP contribution in [-0.4, -0.2) is 123 Å². The van der Waals surface area contributed by atoms with Crippen LogP contribution in [0.5, 0.6) is 0 Å². The highest BCUT2D eigenvalue weighted by Gasteiger charge is 2.98. The van der Waals surface area contributed by atoms with Crippen molar-refractivity contribution in [2.45, 2.75) is 125 Å². The predicted octanol–water partition coefficient (Wildman–Crippen LogP) is 14.4. The normalized spacial score (nSPS) is 17.0. The second-order valence-corrected chi connectivity index (χ2v) is 13.2. The van der Waals surface area contributed by atoms with E-state index >= 15 is 26.3 Å². The monoisotopic (exact) mass is 1180 g/mol. The Hall–Kier alpha value is -4.14. The summed E-state index contributed by atoms with van der Waals surface area (Å²) in [4.78, 5) is 0. The third kappa shape index (κ3) is 7.69. The molecule has 1 rings (SSSR count). The maximum absolute atomic E-state index is 15.4. The fourth-order valence-corrected chi connectivity index (χ4v) is 4.42. The molecule has 0 aliphatic rings. The van der Waals surface area contributed by atoms with Crippen LogP contribution in [-0.2, 0) is 17.8 Å². The molecule has 426 valence electrons. The summed E-state index contributed by atoms with van der Waals surface area (Å²) in [6, 6.07) is 0. The molecule has 0 radical (unpaired) electrons. The van der Waals surface area contributed by atoms with Gasteiger partial charge in [0.05, 0.1) is 5.56 Å². The summed E-state index contributed by atoms with van der Waals surface area (Å²) < 4.78 is 623. The number of hydrogen-bond donors (Lipinski definition) is 0. The molecule has 3 nitrogen and oxygen atoms in total. The zero-order valence-electron chi connectivity index (χ0n) is 30.4. The lowest BCUT2D eigenvalue weighted by Gasteiger charge is -2.44. The highest BCUT2D eigenvalue weighted by atomic mass is 19.5. The summed E-state index contributed by atoms with van der Waals surface area (Å²) in [5.41, 5.74) is -19.8. The molecule has 48 heteroatoms. The van der Waals surface area contributed by atoms with Crippen LogP contribution >= 0.6 is 0 Å². The molecule has 0 fully saturated rings. The molecule has 0 saturated carbocycles. The lowest BCUT2D eigenvalue weighted by atomic mass is 9.82. The Bertz CT molecular complexity index is 2040. The number of halogens is 45. The van der Waals surface area contributed by atoms with Gasteiger partial charge >= 0.3 is 125 Å². The second-order valence-electron chi connectivity index (χ2n) is 13.2. The molecular formula is C24F45N3. The van der Waals surface area contributed by atoms with Crippen LogP contribution < -0.4 is 0 Å². The molecule has 0 spiro atoms. The van der Waals surface area contributed by atoms with Crippen LogP contribution in [0.1, 0.15) is 17.0 Å². The zero-order valence-corrected chi connectivity index (χ0v) is 30.4. The van der Waals surface area contributed by atoms with E-state index in [4.69, 9.17) is 0 Å². The lowest BCUT2D eigenvalue weighted by molar-refractivity contribution is -0.457. The Labute approximate surface area is 356 Å². The van der Waals surface area contributed by atoms with Gasteiger partial charge in [-0.3, -0.25) is 0 Å². The number of nitrogens with zero attached hydrogens (tertiary/aromatic N) is 3. The maximum atomic E-state index is 15.4. The average molecular weight is 1190 g/mol. The Morgan fingerprint density at radius 3 is 0.472 bits per heavy atom. The second kappa shape index (κ2) is 16.2. The summed E-state index contributed by atoms with van der Waals surface area (Å²) in [6.45, 7) is 0. The van der Waals surface area contributed by atoms with Crippen molar-refractivity contribution in [3.8, 4) is 0 Å². The Morgan fingerprint density at radius 1 is 0.167 bits per heavy atom. The molecule has 1 heterocycles. The standard InChI is InChI=1S/C24F45N3/c25-4(26,7(31,32)10(37,38)13(43,44)16(49,50)19(55,56)22(61,62)63)1-2(5(27,28)8(33,34)11(39,40)14(45,46)17(51,52)20(57,58)23(64,65)66)70-72-71-3(1)6(29,30)9(35,36)12(41,42)15(47,48)18(53,54)21(59,60)24(67,68)69. The predicted molar refractivity (Wildman–Crippen MR) is 124 cm³/mol. The fourth-order valence-electron chi connectivity index (χ4n) is 4.42. The molecular weight excluding hydrogens is 1190 g/mol. The van der Waals surface area contributed by atoms with Crippen molar-refractivity contribution in [3.63, 3.8) is 0 Å². The molecule has 0 amide bonds. The van der Waals surface area contributed by atoms with Gasteiger partial charge < -0.3 is 0 Å². The summed E-state index contributed by atoms with van der Waals surface area (Å²) in [5, 5.41) is 0.989. The quantitative estimate of drug-likeness (QED) is 0.138. The van der Waals surface area contributed by atoms with Gasteiger partial charge in [-0.05, 0) is 5.21 Å².